The van der Waals surface area contributed by atoms with Crippen LogP contribution in [0.25, 0.3) is 0 Å². The van der Waals surface area contributed by atoms with Crippen LogP contribution in [0.1, 0.15) is 43.8 Å². The van der Waals surface area contributed by atoms with Crippen molar-refractivity contribution in [3.8, 4) is 0 Å². The van der Waals surface area contributed by atoms with E-state index < -0.39 is 6.10 Å². The molecule has 0 aliphatic heterocycles. The molecule has 138 valence electrons. The number of ketones is 1. The molecule has 27 heavy (non-hydrogen) atoms. The number of ether oxygens (including phenoxy) is 1. The lowest BCUT2D eigenvalue weighted by atomic mass is 10.00. The molecule has 0 saturated carbocycles. The molecule has 2 N–H and O–H groups in total. The maximum atomic E-state index is 12.7. The topological polar surface area (TPSA) is 97.0 Å². The molecule has 0 saturated heterocycles. The quantitative estimate of drug-likeness (QED) is 0.627. The Morgan fingerprint density at radius 2 is 2.00 bits per heavy atom. The van der Waals surface area contributed by atoms with E-state index in [1.807, 2.05) is 30.3 Å². The van der Waals surface area contributed by atoms with Gasteiger partial charge in [-0.15, -0.1) is 0 Å². The maximum Gasteiger partial charge on any atom is 0.269 e. The van der Waals surface area contributed by atoms with Gasteiger partial charge in [0.2, 0.25) is 0 Å². The minimum absolute atomic E-state index is 0.131. The third-order valence-corrected chi connectivity index (χ3v) is 4.15. The average molecular weight is 364 g/mol. The molecule has 2 aromatic heterocycles. The van der Waals surface area contributed by atoms with E-state index in [0.717, 1.165) is 11.1 Å². The van der Waals surface area contributed by atoms with Crippen LogP contribution in [0.15, 0.2) is 54.9 Å². The number of hydrogen-bond acceptors (Lipinski definition) is 5. The first-order valence-corrected chi connectivity index (χ1v) is 8.45. The van der Waals surface area contributed by atoms with E-state index in [2.05, 4.69) is 20.5 Å². The van der Waals surface area contributed by atoms with Crippen LogP contribution < -0.4 is 5.32 Å². The van der Waals surface area contributed by atoms with Crippen LogP contribution in [-0.2, 0) is 11.2 Å². The lowest BCUT2D eigenvalue weighted by Crippen LogP contribution is -2.21. The highest BCUT2D eigenvalue weighted by atomic mass is 16.5. The molecule has 0 aliphatic rings. The molecule has 0 unspecified atom stereocenters. The number of carbonyl (C=O) groups excluding carboxylic acids is 2. The van der Waals surface area contributed by atoms with Crippen LogP contribution in [-0.4, -0.2) is 41.0 Å². The fourth-order valence-electron chi connectivity index (χ4n) is 2.81. The number of nitrogens with zero attached hydrogens (tertiary/aromatic N) is 2. The molecule has 0 radical (unpaired) electrons. The molecule has 3 rings (SSSR count). The lowest BCUT2D eigenvalue weighted by Gasteiger charge is -2.17. The number of Topliss-reactive ketones (excluding diaryl/α,β-unsaturated/α-hetero) is 1. The van der Waals surface area contributed by atoms with Gasteiger partial charge >= 0.3 is 0 Å². The normalized spacial score (nSPS) is 11.8. The summed E-state index contributed by atoms with van der Waals surface area (Å²) >= 11 is 0. The molecule has 3 aromatic rings. The van der Waals surface area contributed by atoms with Crippen molar-refractivity contribution in [2.24, 2.45) is 0 Å². The number of benzene rings is 1. The van der Waals surface area contributed by atoms with Gasteiger partial charge in [0, 0.05) is 32.3 Å². The summed E-state index contributed by atoms with van der Waals surface area (Å²) in [5, 5.41) is 9.09. The van der Waals surface area contributed by atoms with Crippen molar-refractivity contribution in [3.05, 3.63) is 82.9 Å². The van der Waals surface area contributed by atoms with Gasteiger partial charge in [-0.05, 0) is 23.3 Å². The number of rotatable bonds is 7. The minimum Gasteiger partial charge on any atom is -0.370 e. The summed E-state index contributed by atoms with van der Waals surface area (Å²) in [6.07, 6.45) is 2.95. The van der Waals surface area contributed by atoms with Gasteiger partial charge in [0.15, 0.2) is 5.78 Å². The van der Waals surface area contributed by atoms with E-state index in [0.29, 0.717) is 11.3 Å². The van der Waals surface area contributed by atoms with Gasteiger partial charge in [0.25, 0.3) is 5.91 Å². The van der Waals surface area contributed by atoms with Crippen molar-refractivity contribution in [3.63, 3.8) is 0 Å². The molecule has 2 heterocycles. The Morgan fingerprint density at radius 3 is 2.63 bits per heavy atom. The van der Waals surface area contributed by atoms with Gasteiger partial charge < -0.3 is 10.1 Å². The molecule has 7 nitrogen and oxygen atoms in total. The zero-order chi connectivity index (χ0) is 19.2. The van der Waals surface area contributed by atoms with Crippen molar-refractivity contribution in [2.45, 2.75) is 12.5 Å². The number of carbonyl (C=O) groups is 2. The molecule has 1 amide bonds. The molecule has 0 fully saturated rings. The van der Waals surface area contributed by atoms with Gasteiger partial charge in [-0.1, -0.05) is 30.3 Å². The van der Waals surface area contributed by atoms with Crippen molar-refractivity contribution in [2.75, 3.05) is 14.2 Å². The predicted molar refractivity (Wildman–Crippen MR) is 99.5 cm³/mol. The summed E-state index contributed by atoms with van der Waals surface area (Å²) in [6.45, 7) is 0. The first-order chi connectivity index (χ1) is 13.1. The molecule has 1 aromatic carbocycles. The lowest BCUT2D eigenvalue weighted by molar-refractivity contribution is 0.0955. The van der Waals surface area contributed by atoms with Crippen LogP contribution in [0.3, 0.4) is 0 Å². The Morgan fingerprint density at radius 1 is 1.22 bits per heavy atom. The average Bonchev–Trinajstić information content (AvgIpc) is 3.21. The van der Waals surface area contributed by atoms with Gasteiger partial charge in [-0.3, -0.25) is 14.7 Å². The maximum absolute atomic E-state index is 12.7. The van der Waals surface area contributed by atoms with E-state index in [1.165, 1.54) is 13.1 Å². The molecule has 1 atom stereocenters. The Hall–Kier alpha value is -3.32. The van der Waals surface area contributed by atoms with Crippen molar-refractivity contribution >= 4 is 11.7 Å². The van der Waals surface area contributed by atoms with Gasteiger partial charge in [0.05, 0.1) is 11.9 Å². The third-order valence-electron chi connectivity index (χ3n) is 4.15. The Bertz CT molecular complexity index is 924. The molecule has 0 spiro atoms. The van der Waals surface area contributed by atoms with E-state index >= 15 is 0 Å². The molecular weight excluding hydrogens is 344 g/mol. The van der Waals surface area contributed by atoms with E-state index in [4.69, 9.17) is 4.74 Å². The SMILES string of the molecule is CNC(=O)c1cc(C(=O)Cc2cn[nH]c2)cc([C@H](OC)c2ccccc2)n1. The molecule has 7 heteroatoms. The van der Waals surface area contributed by atoms with Crippen LogP contribution in [0, 0.1) is 0 Å². The number of aromatic nitrogens is 3. The standard InChI is InChI=1S/C20H20N4O3/c1-21-20(26)17-10-15(18(25)8-13-11-22-23-12-13)9-16(24-17)19(27-2)14-6-4-3-5-7-14/h3-7,9-12,19H,8H2,1-2H3,(H,21,26)(H,22,23)/t19-/m1/s1. The van der Waals surface area contributed by atoms with Gasteiger partial charge in [-0.25, -0.2) is 4.98 Å². The first-order valence-electron chi connectivity index (χ1n) is 8.45. The third kappa shape index (κ3) is 4.27. The van der Waals surface area contributed by atoms with E-state index in [-0.39, 0.29) is 23.8 Å². The second kappa shape index (κ2) is 8.37. The summed E-state index contributed by atoms with van der Waals surface area (Å²) < 4.78 is 5.61. The Balaban J connectivity index is 2.02. The second-order valence-corrected chi connectivity index (χ2v) is 5.98. The summed E-state index contributed by atoms with van der Waals surface area (Å²) in [6, 6.07) is 12.7. The minimum atomic E-state index is -0.490. The van der Waals surface area contributed by atoms with Crippen LogP contribution in [0.2, 0.25) is 0 Å². The van der Waals surface area contributed by atoms with Crippen LogP contribution in [0.5, 0.6) is 0 Å². The number of nitrogens with one attached hydrogen (secondary N) is 2. The Kier molecular flexibility index (Phi) is 5.73. The highest BCUT2D eigenvalue weighted by molar-refractivity contribution is 6.00. The summed E-state index contributed by atoms with van der Waals surface area (Å²) in [5.74, 6) is -0.495. The highest BCUT2D eigenvalue weighted by Crippen LogP contribution is 2.25. The van der Waals surface area contributed by atoms with E-state index in [1.54, 1.807) is 25.6 Å². The molecular formula is C20H20N4O3. The highest BCUT2D eigenvalue weighted by Gasteiger charge is 2.20. The van der Waals surface area contributed by atoms with Crippen LogP contribution in [0.4, 0.5) is 0 Å². The van der Waals surface area contributed by atoms with E-state index in [9.17, 15) is 9.59 Å². The smallest absolute Gasteiger partial charge is 0.269 e. The van der Waals surface area contributed by atoms with Crippen molar-refractivity contribution < 1.29 is 14.3 Å². The van der Waals surface area contributed by atoms with Gasteiger partial charge in [-0.2, -0.15) is 5.10 Å². The summed E-state index contributed by atoms with van der Waals surface area (Å²) in [7, 11) is 3.09. The van der Waals surface area contributed by atoms with Crippen LogP contribution >= 0.6 is 0 Å². The second-order valence-electron chi connectivity index (χ2n) is 5.98. The summed E-state index contributed by atoms with van der Waals surface area (Å²) in [5.41, 5.74) is 2.72. The van der Waals surface area contributed by atoms with Crippen molar-refractivity contribution in [1.29, 1.82) is 0 Å². The number of hydrogen-bond donors (Lipinski definition) is 2. The number of aromatic amines is 1. The zero-order valence-electron chi connectivity index (χ0n) is 15.1. The van der Waals surface area contributed by atoms with Gasteiger partial charge in [0.1, 0.15) is 11.8 Å². The monoisotopic (exact) mass is 364 g/mol. The number of pyridine rings is 1. The number of methoxy groups -OCH3 is 1. The largest absolute Gasteiger partial charge is 0.370 e. The molecule has 0 aliphatic carbocycles. The molecule has 0 bridgehead atoms. The zero-order valence-corrected chi connectivity index (χ0v) is 15.1. The van der Waals surface area contributed by atoms with Crippen molar-refractivity contribution in [1.82, 2.24) is 20.5 Å². The summed E-state index contributed by atoms with van der Waals surface area (Å²) in [4.78, 5) is 29.3. The Labute approximate surface area is 156 Å². The fraction of sp³-hybridized carbons (Fsp3) is 0.200. The fourth-order valence-corrected chi connectivity index (χ4v) is 2.81. The number of amides is 1. The predicted octanol–water partition coefficient (Wildman–Crippen LogP) is 2.33. The number of H-pyrrole nitrogens is 1. The first kappa shape index (κ1) is 18.5.